The molecular formula is C17H16F3N3O2. The van der Waals surface area contributed by atoms with Crippen molar-refractivity contribution in [2.24, 2.45) is 0 Å². The van der Waals surface area contributed by atoms with Crippen molar-refractivity contribution in [3.05, 3.63) is 54.7 Å². The first-order valence-electron chi connectivity index (χ1n) is 7.62. The van der Waals surface area contributed by atoms with Crippen LogP contribution >= 0.6 is 0 Å². The Labute approximate surface area is 141 Å². The molecule has 0 atom stereocenters. The minimum atomic E-state index is -4.72. The molecule has 2 N–H and O–H groups in total. The molecule has 132 valence electrons. The van der Waals surface area contributed by atoms with E-state index in [2.05, 4.69) is 4.98 Å². The van der Waals surface area contributed by atoms with Gasteiger partial charge in [-0.1, -0.05) is 30.3 Å². The molecule has 2 heterocycles. The first-order chi connectivity index (χ1) is 11.9. The minimum absolute atomic E-state index is 0.0980. The third-order valence-corrected chi connectivity index (χ3v) is 3.90. The molecule has 0 aliphatic heterocycles. The van der Waals surface area contributed by atoms with Gasteiger partial charge in [0.05, 0.1) is 11.9 Å². The Kier molecular flexibility index (Phi) is 4.43. The molecule has 0 bridgehead atoms. The van der Waals surface area contributed by atoms with Crippen molar-refractivity contribution in [2.45, 2.75) is 25.7 Å². The van der Waals surface area contributed by atoms with E-state index in [0.29, 0.717) is 17.5 Å². The molecule has 0 radical (unpaired) electrons. The van der Waals surface area contributed by atoms with Crippen LogP contribution in [0.5, 0.6) is 11.6 Å². The van der Waals surface area contributed by atoms with Crippen molar-refractivity contribution in [1.82, 2.24) is 14.1 Å². The van der Waals surface area contributed by atoms with E-state index < -0.39 is 29.1 Å². The number of halogens is 3. The molecule has 3 rings (SSSR count). The highest BCUT2D eigenvalue weighted by Gasteiger charge is 2.41. The summed E-state index contributed by atoms with van der Waals surface area (Å²) in [6.45, 7) is 0.343. The van der Waals surface area contributed by atoms with Gasteiger partial charge < -0.3 is 19.3 Å². The van der Waals surface area contributed by atoms with Crippen LogP contribution in [0.3, 0.4) is 0 Å². The van der Waals surface area contributed by atoms with E-state index >= 15 is 0 Å². The third-order valence-electron chi connectivity index (χ3n) is 3.90. The van der Waals surface area contributed by atoms with Gasteiger partial charge in [-0.15, -0.1) is 0 Å². The molecule has 5 nitrogen and oxygen atoms in total. The van der Waals surface area contributed by atoms with Crippen LogP contribution < -0.4 is 0 Å². The van der Waals surface area contributed by atoms with Gasteiger partial charge in [-0.25, -0.2) is 4.98 Å². The zero-order valence-electron chi connectivity index (χ0n) is 13.1. The topological polar surface area (TPSA) is 63.2 Å². The second-order valence-electron chi connectivity index (χ2n) is 5.57. The predicted octanol–water partition coefficient (Wildman–Crippen LogP) is 3.87. The van der Waals surface area contributed by atoms with Gasteiger partial charge in [-0.3, -0.25) is 0 Å². The normalized spacial score (nSPS) is 11.8. The van der Waals surface area contributed by atoms with Crippen LogP contribution in [-0.2, 0) is 19.3 Å². The fourth-order valence-electron chi connectivity index (χ4n) is 2.81. The van der Waals surface area contributed by atoms with E-state index in [1.807, 2.05) is 0 Å². The molecule has 0 aliphatic carbocycles. The smallest absolute Gasteiger partial charge is 0.432 e. The lowest BCUT2D eigenvalue weighted by atomic mass is 10.0. The van der Waals surface area contributed by atoms with Crippen LogP contribution in [0, 0.1) is 0 Å². The number of aromatic nitrogens is 3. The first-order valence-corrected chi connectivity index (χ1v) is 7.62. The summed E-state index contributed by atoms with van der Waals surface area (Å²) in [5.41, 5.74) is -1.27. The summed E-state index contributed by atoms with van der Waals surface area (Å²) in [5.74, 6) is -1.54. The summed E-state index contributed by atoms with van der Waals surface area (Å²) in [7, 11) is 0. The van der Waals surface area contributed by atoms with E-state index in [-0.39, 0.29) is 12.1 Å². The van der Waals surface area contributed by atoms with Crippen molar-refractivity contribution < 1.29 is 23.4 Å². The maximum absolute atomic E-state index is 13.6. The zero-order chi connectivity index (χ0) is 18.0. The van der Waals surface area contributed by atoms with Crippen LogP contribution in [0.1, 0.15) is 12.1 Å². The average molecular weight is 351 g/mol. The Morgan fingerprint density at radius 1 is 1.04 bits per heavy atom. The maximum atomic E-state index is 13.6. The molecular weight excluding hydrogens is 335 g/mol. The molecule has 0 amide bonds. The SMILES string of the molecule is Oc1c(-c2ccccc2)c(C(F)(F)F)n(CCCn2ccnc2)c1O. The quantitative estimate of drug-likeness (QED) is 0.733. The number of aromatic hydroxyl groups is 2. The number of aryl methyl sites for hydroxylation is 1. The van der Waals surface area contributed by atoms with Crippen molar-refractivity contribution in [3.63, 3.8) is 0 Å². The van der Waals surface area contributed by atoms with E-state index in [1.54, 1.807) is 41.5 Å². The maximum Gasteiger partial charge on any atom is 0.432 e. The Morgan fingerprint density at radius 2 is 1.76 bits per heavy atom. The predicted molar refractivity (Wildman–Crippen MR) is 85.0 cm³/mol. The molecule has 2 aromatic heterocycles. The van der Waals surface area contributed by atoms with Gasteiger partial charge in [0.15, 0.2) is 5.75 Å². The molecule has 0 fully saturated rings. The Hall–Kier alpha value is -2.90. The van der Waals surface area contributed by atoms with Crippen molar-refractivity contribution in [2.75, 3.05) is 0 Å². The number of alkyl halides is 3. The number of rotatable bonds is 5. The molecule has 8 heteroatoms. The Bertz CT molecular complexity index is 840. The first kappa shape index (κ1) is 16.9. The van der Waals surface area contributed by atoms with Gasteiger partial charge in [0, 0.05) is 25.5 Å². The highest BCUT2D eigenvalue weighted by atomic mass is 19.4. The average Bonchev–Trinajstić information content (AvgIpc) is 3.17. The van der Waals surface area contributed by atoms with Crippen molar-refractivity contribution in [3.8, 4) is 22.8 Å². The van der Waals surface area contributed by atoms with E-state index in [9.17, 15) is 23.4 Å². The molecule has 1 aromatic carbocycles. The molecule has 0 saturated heterocycles. The highest BCUT2D eigenvalue weighted by Crippen LogP contribution is 2.48. The van der Waals surface area contributed by atoms with Crippen molar-refractivity contribution in [1.29, 1.82) is 0 Å². The zero-order valence-corrected chi connectivity index (χ0v) is 13.1. The van der Waals surface area contributed by atoms with Crippen LogP contribution in [0.2, 0.25) is 0 Å². The monoisotopic (exact) mass is 351 g/mol. The summed E-state index contributed by atoms with van der Waals surface area (Å²) in [6.07, 6.45) is 0.446. The van der Waals surface area contributed by atoms with E-state index in [4.69, 9.17) is 0 Å². The van der Waals surface area contributed by atoms with Gasteiger partial charge in [0.1, 0.15) is 5.69 Å². The van der Waals surface area contributed by atoms with Gasteiger partial charge in [-0.2, -0.15) is 13.2 Å². The number of nitrogens with zero attached hydrogens (tertiary/aromatic N) is 3. The second kappa shape index (κ2) is 6.54. The van der Waals surface area contributed by atoms with Gasteiger partial charge in [0.25, 0.3) is 0 Å². The number of hydrogen-bond acceptors (Lipinski definition) is 3. The molecule has 0 unspecified atom stereocenters. The molecule has 25 heavy (non-hydrogen) atoms. The Morgan fingerprint density at radius 3 is 2.36 bits per heavy atom. The molecule has 0 aliphatic rings. The Balaban J connectivity index is 1.99. The largest absolute Gasteiger partial charge is 0.503 e. The van der Waals surface area contributed by atoms with Crippen LogP contribution in [0.4, 0.5) is 13.2 Å². The lowest BCUT2D eigenvalue weighted by Crippen LogP contribution is -2.15. The second-order valence-corrected chi connectivity index (χ2v) is 5.57. The van der Waals surface area contributed by atoms with Gasteiger partial charge in [0.2, 0.25) is 5.88 Å². The fourth-order valence-corrected chi connectivity index (χ4v) is 2.81. The number of imidazole rings is 1. The minimum Gasteiger partial charge on any atom is -0.503 e. The standard InChI is InChI=1S/C17H16F3N3O2/c18-17(19,20)15-13(12-5-2-1-3-6-12)14(24)16(25)23(15)9-4-8-22-10-7-21-11-22/h1-3,5-7,10-11,24-25H,4,8-9H2. The molecule has 0 spiro atoms. The van der Waals surface area contributed by atoms with E-state index in [0.717, 1.165) is 0 Å². The van der Waals surface area contributed by atoms with Crippen LogP contribution in [-0.4, -0.2) is 24.3 Å². The molecule has 3 aromatic rings. The van der Waals surface area contributed by atoms with Crippen LogP contribution in [0.15, 0.2) is 49.1 Å². The van der Waals surface area contributed by atoms with E-state index in [1.165, 1.54) is 12.1 Å². The third kappa shape index (κ3) is 3.33. The summed E-state index contributed by atoms with van der Waals surface area (Å²) in [6, 6.07) is 7.72. The van der Waals surface area contributed by atoms with Gasteiger partial charge >= 0.3 is 6.18 Å². The van der Waals surface area contributed by atoms with Crippen LogP contribution in [0.25, 0.3) is 11.1 Å². The number of hydrogen-bond donors (Lipinski definition) is 2. The lowest BCUT2D eigenvalue weighted by molar-refractivity contribution is -0.143. The summed E-state index contributed by atoms with van der Waals surface area (Å²) >= 11 is 0. The highest BCUT2D eigenvalue weighted by molar-refractivity contribution is 5.76. The number of benzene rings is 1. The summed E-state index contributed by atoms with van der Waals surface area (Å²) < 4.78 is 43.3. The van der Waals surface area contributed by atoms with Crippen molar-refractivity contribution >= 4 is 0 Å². The lowest BCUT2D eigenvalue weighted by Gasteiger charge is -2.14. The fraction of sp³-hybridized carbons (Fsp3) is 0.235. The summed E-state index contributed by atoms with van der Waals surface area (Å²) in [5, 5.41) is 20.2. The summed E-state index contributed by atoms with van der Waals surface area (Å²) in [4.78, 5) is 3.87. The molecule has 0 saturated carbocycles. The van der Waals surface area contributed by atoms with Gasteiger partial charge in [-0.05, 0) is 12.0 Å².